The zero-order chi connectivity index (χ0) is 20.2. The fourth-order valence-corrected chi connectivity index (χ4v) is 4.28. The van der Waals surface area contributed by atoms with Gasteiger partial charge < -0.3 is 29.1 Å². The van der Waals surface area contributed by atoms with Gasteiger partial charge in [-0.3, -0.25) is 0 Å². The Kier molecular flexibility index (Phi) is 6.23. The summed E-state index contributed by atoms with van der Waals surface area (Å²) < 4.78 is 16.8. The summed E-state index contributed by atoms with van der Waals surface area (Å²) in [5.41, 5.74) is 3.52. The van der Waals surface area contributed by atoms with Crippen LogP contribution in [0.1, 0.15) is 16.7 Å². The molecule has 2 heterocycles. The maximum Gasteiger partial charge on any atom is 0.231 e. The normalized spacial score (nSPS) is 21.8. The van der Waals surface area contributed by atoms with E-state index in [4.69, 9.17) is 14.2 Å². The fraction of sp³-hybridized carbons (Fsp3) is 0.478. The van der Waals surface area contributed by atoms with Crippen molar-refractivity contribution in [3.05, 3.63) is 53.1 Å². The van der Waals surface area contributed by atoms with E-state index < -0.39 is 6.10 Å². The van der Waals surface area contributed by atoms with Crippen LogP contribution in [0, 0.1) is 13.8 Å². The molecule has 4 rings (SSSR count). The van der Waals surface area contributed by atoms with Crippen LogP contribution in [0.2, 0.25) is 0 Å². The van der Waals surface area contributed by atoms with Crippen molar-refractivity contribution in [1.29, 1.82) is 0 Å². The lowest BCUT2D eigenvalue weighted by molar-refractivity contribution is -1.02. The van der Waals surface area contributed by atoms with Crippen LogP contribution in [0.3, 0.4) is 0 Å². The smallest absolute Gasteiger partial charge is 0.231 e. The van der Waals surface area contributed by atoms with E-state index in [0.29, 0.717) is 13.4 Å². The third-order valence-corrected chi connectivity index (χ3v) is 5.91. The molecule has 0 spiro atoms. The molecule has 0 amide bonds. The molecule has 0 radical (unpaired) electrons. The van der Waals surface area contributed by atoms with Gasteiger partial charge in [0.25, 0.3) is 0 Å². The summed E-state index contributed by atoms with van der Waals surface area (Å²) in [5, 5.41) is 10.5. The summed E-state index contributed by atoms with van der Waals surface area (Å²) >= 11 is 0. The number of fused-ring (bicyclic) bond motifs is 1. The molecule has 2 aromatic carbocycles. The van der Waals surface area contributed by atoms with Crippen molar-refractivity contribution in [2.24, 2.45) is 0 Å². The topological polar surface area (TPSA) is 56.8 Å². The van der Waals surface area contributed by atoms with Crippen molar-refractivity contribution in [2.75, 3.05) is 46.1 Å². The lowest BCUT2D eigenvalue weighted by atomic mass is 10.1. The number of benzene rings is 2. The molecular formula is C23H32N2O4+2. The number of aliphatic hydroxyl groups is 1. The lowest BCUT2D eigenvalue weighted by Gasteiger charge is -2.31. The Morgan fingerprint density at radius 2 is 1.66 bits per heavy atom. The molecular weight excluding hydrogens is 368 g/mol. The molecule has 2 aliphatic rings. The Bertz CT molecular complexity index is 813. The Hall–Kier alpha value is -2.28. The van der Waals surface area contributed by atoms with Gasteiger partial charge >= 0.3 is 0 Å². The first kappa shape index (κ1) is 20.0. The van der Waals surface area contributed by atoms with Crippen LogP contribution in [0.25, 0.3) is 0 Å². The van der Waals surface area contributed by atoms with Gasteiger partial charge in [-0.2, -0.15) is 0 Å². The van der Waals surface area contributed by atoms with E-state index in [9.17, 15) is 5.11 Å². The summed E-state index contributed by atoms with van der Waals surface area (Å²) in [7, 11) is 0. The van der Waals surface area contributed by atoms with Crippen LogP contribution in [-0.2, 0) is 6.54 Å². The SMILES string of the molecule is Cc1cccc(C)c1OC[C@@H](O)C[NH+]1CC[NH+](Cc2ccc3c(c2)OCO3)CC1. The van der Waals surface area contributed by atoms with Gasteiger partial charge in [-0.15, -0.1) is 0 Å². The Morgan fingerprint density at radius 3 is 2.41 bits per heavy atom. The molecule has 1 atom stereocenters. The average Bonchev–Trinajstić information content (AvgIpc) is 3.17. The second kappa shape index (κ2) is 9.03. The predicted molar refractivity (Wildman–Crippen MR) is 110 cm³/mol. The number of hydrogen-bond donors (Lipinski definition) is 3. The van der Waals surface area contributed by atoms with E-state index in [2.05, 4.69) is 12.1 Å². The van der Waals surface area contributed by atoms with Gasteiger partial charge in [-0.25, -0.2) is 0 Å². The van der Waals surface area contributed by atoms with Crippen LogP contribution < -0.4 is 24.0 Å². The average molecular weight is 401 g/mol. The molecule has 0 aromatic heterocycles. The van der Waals surface area contributed by atoms with Gasteiger partial charge in [0.05, 0.1) is 0 Å². The summed E-state index contributed by atoms with van der Waals surface area (Å²) in [5.74, 6) is 2.60. The standard InChI is InChI=1S/C23H30N2O4/c1-17-4-3-5-18(2)23(17)27-15-20(26)14-25-10-8-24(9-11-25)13-19-6-7-21-22(12-19)29-16-28-21/h3-7,12,20,26H,8-11,13-16H2,1-2H3/p+2/t20-/m0/s1. The largest absolute Gasteiger partial charge is 0.490 e. The zero-order valence-electron chi connectivity index (χ0n) is 17.4. The van der Waals surface area contributed by atoms with E-state index >= 15 is 0 Å². The summed E-state index contributed by atoms with van der Waals surface area (Å²) in [6.07, 6.45) is -0.445. The van der Waals surface area contributed by atoms with E-state index in [1.165, 1.54) is 10.5 Å². The highest BCUT2D eigenvalue weighted by molar-refractivity contribution is 5.44. The van der Waals surface area contributed by atoms with Crippen molar-refractivity contribution in [3.8, 4) is 17.2 Å². The van der Waals surface area contributed by atoms with Crippen LogP contribution >= 0.6 is 0 Å². The molecule has 6 nitrogen and oxygen atoms in total. The zero-order valence-corrected chi connectivity index (χ0v) is 17.4. The van der Waals surface area contributed by atoms with Crippen LogP contribution in [0.5, 0.6) is 17.2 Å². The maximum atomic E-state index is 10.5. The molecule has 6 heteroatoms. The minimum atomic E-state index is -0.445. The molecule has 156 valence electrons. The predicted octanol–water partition coefficient (Wildman–Crippen LogP) is -0.245. The second-order valence-electron chi connectivity index (χ2n) is 8.25. The molecule has 0 saturated carbocycles. The van der Waals surface area contributed by atoms with Crippen molar-refractivity contribution in [1.82, 2.24) is 0 Å². The van der Waals surface area contributed by atoms with Gasteiger partial charge in [0, 0.05) is 5.56 Å². The number of hydrogen-bond acceptors (Lipinski definition) is 4. The van der Waals surface area contributed by atoms with Crippen LogP contribution in [-0.4, -0.2) is 57.3 Å². The second-order valence-corrected chi connectivity index (χ2v) is 8.25. The van der Waals surface area contributed by atoms with Gasteiger partial charge in [-0.05, 0) is 43.2 Å². The highest BCUT2D eigenvalue weighted by atomic mass is 16.7. The molecule has 0 unspecified atom stereocenters. The van der Waals surface area contributed by atoms with Crippen molar-refractivity contribution in [3.63, 3.8) is 0 Å². The number of aryl methyl sites for hydroxylation is 2. The molecule has 0 aliphatic carbocycles. The number of aliphatic hydroxyl groups excluding tert-OH is 1. The first-order chi connectivity index (χ1) is 14.1. The molecule has 0 bridgehead atoms. The summed E-state index contributed by atoms with van der Waals surface area (Å²) in [6.45, 7) is 10.9. The van der Waals surface area contributed by atoms with Crippen molar-refractivity contribution >= 4 is 0 Å². The van der Waals surface area contributed by atoms with E-state index in [0.717, 1.165) is 67.6 Å². The molecule has 2 aromatic rings. The van der Waals surface area contributed by atoms with Crippen molar-refractivity contribution in [2.45, 2.75) is 26.5 Å². The number of quaternary nitrogens is 2. The molecule has 2 aliphatic heterocycles. The Balaban J connectivity index is 1.20. The molecule has 3 N–H and O–H groups in total. The third kappa shape index (κ3) is 5.01. The first-order valence-corrected chi connectivity index (χ1v) is 10.5. The molecule has 1 saturated heterocycles. The molecule has 1 fully saturated rings. The monoisotopic (exact) mass is 400 g/mol. The third-order valence-electron chi connectivity index (χ3n) is 5.91. The highest BCUT2D eigenvalue weighted by Crippen LogP contribution is 2.32. The maximum absolute atomic E-state index is 10.5. The van der Waals surface area contributed by atoms with Gasteiger partial charge in [0.2, 0.25) is 6.79 Å². The Morgan fingerprint density at radius 1 is 0.966 bits per heavy atom. The number of ether oxygens (including phenoxy) is 3. The Labute approximate surface area is 172 Å². The number of para-hydroxylation sites is 1. The molecule has 29 heavy (non-hydrogen) atoms. The summed E-state index contributed by atoms with van der Waals surface area (Å²) in [6, 6.07) is 12.4. The van der Waals surface area contributed by atoms with E-state index in [1.807, 2.05) is 38.1 Å². The first-order valence-electron chi connectivity index (χ1n) is 10.5. The van der Waals surface area contributed by atoms with E-state index in [1.54, 1.807) is 4.90 Å². The summed E-state index contributed by atoms with van der Waals surface area (Å²) in [4.78, 5) is 3.03. The number of nitrogens with one attached hydrogen (secondary N) is 2. The minimum Gasteiger partial charge on any atom is -0.490 e. The lowest BCUT2D eigenvalue weighted by Crippen LogP contribution is -3.28. The van der Waals surface area contributed by atoms with E-state index in [-0.39, 0.29) is 0 Å². The fourth-order valence-electron chi connectivity index (χ4n) is 4.28. The quantitative estimate of drug-likeness (QED) is 0.600. The van der Waals surface area contributed by atoms with Crippen molar-refractivity contribution < 1.29 is 29.1 Å². The number of rotatable bonds is 7. The minimum absolute atomic E-state index is 0.323. The highest BCUT2D eigenvalue weighted by Gasteiger charge is 2.26. The van der Waals surface area contributed by atoms with Gasteiger partial charge in [0.15, 0.2) is 11.5 Å². The van der Waals surface area contributed by atoms with Gasteiger partial charge in [0.1, 0.15) is 57.7 Å². The van der Waals surface area contributed by atoms with Gasteiger partial charge in [-0.1, -0.05) is 18.2 Å². The van der Waals surface area contributed by atoms with Crippen LogP contribution in [0.15, 0.2) is 36.4 Å². The van der Waals surface area contributed by atoms with Crippen LogP contribution in [0.4, 0.5) is 0 Å². The number of piperazine rings is 1.